The van der Waals surface area contributed by atoms with E-state index in [1.807, 2.05) is 0 Å². The molecule has 0 spiro atoms. The zero-order valence-electron chi connectivity index (χ0n) is 11.5. The van der Waals surface area contributed by atoms with Crippen molar-refractivity contribution in [2.45, 2.75) is 20.0 Å². The molecule has 0 saturated carbocycles. The summed E-state index contributed by atoms with van der Waals surface area (Å²) in [5.41, 5.74) is -0.736. The summed E-state index contributed by atoms with van der Waals surface area (Å²) in [6.45, 7) is 2.91. The Morgan fingerprint density at radius 3 is 2.71 bits per heavy atom. The molecule has 0 fully saturated rings. The summed E-state index contributed by atoms with van der Waals surface area (Å²) >= 11 is 0. The number of aliphatic carboxylic acids is 1. The number of carboxylic acids is 1. The molecule has 0 aliphatic heterocycles. The molecule has 7 heteroatoms. The topological polar surface area (TPSA) is 106 Å². The maximum atomic E-state index is 11.8. The maximum absolute atomic E-state index is 11.8. The first-order chi connectivity index (χ1) is 9.88. The van der Waals surface area contributed by atoms with Crippen LogP contribution in [0.4, 0.5) is 0 Å². The first-order valence-corrected chi connectivity index (χ1v) is 6.19. The van der Waals surface area contributed by atoms with Crippen LogP contribution < -0.4 is 15.1 Å². The zero-order chi connectivity index (χ0) is 15.6. The minimum absolute atomic E-state index is 0.0801. The highest BCUT2D eigenvalue weighted by molar-refractivity contribution is 5.86. The summed E-state index contributed by atoms with van der Waals surface area (Å²) in [5, 5.41) is 18.9. The van der Waals surface area contributed by atoms with E-state index in [1.165, 1.54) is 18.2 Å². The third-order valence-electron chi connectivity index (χ3n) is 2.53. The van der Waals surface area contributed by atoms with E-state index >= 15 is 0 Å². The summed E-state index contributed by atoms with van der Waals surface area (Å²) < 4.78 is 15.3. The second-order valence-electron chi connectivity index (χ2n) is 4.57. The Hall–Kier alpha value is -2.70. The molecule has 21 heavy (non-hydrogen) atoms. The van der Waals surface area contributed by atoms with Gasteiger partial charge in [0, 0.05) is 6.07 Å². The van der Waals surface area contributed by atoms with Crippen LogP contribution in [0.3, 0.4) is 0 Å². The number of rotatable bonds is 5. The van der Waals surface area contributed by atoms with Gasteiger partial charge in [-0.3, -0.25) is 0 Å². The average Bonchev–Trinajstić information content (AvgIpc) is 2.40. The van der Waals surface area contributed by atoms with E-state index in [2.05, 4.69) is 0 Å². The highest BCUT2D eigenvalue weighted by Crippen LogP contribution is 2.33. The molecule has 1 heterocycles. The molecule has 112 valence electrons. The van der Waals surface area contributed by atoms with Crippen LogP contribution in [-0.2, 0) is 4.79 Å². The van der Waals surface area contributed by atoms with Crippen molar-refractivity contribution in [1.29, 1.82) is 0 Å². The number of carbonyl (C=O) groups is 1. The quantitative estimate of drug-likeness (QED) is 0.809. The maximum Gasteiger partial charge on any atom is 0.383 e. The molecule has 0 bridgehead atoms. The van der Waals surface area contributed by atoms with Crippen molar-refractivity contribution in [1.82, 2.24) is 0 Å². The standard InChI is InChI=1S/C14H14O7/c1-7(2)20-13-12(17)9-4-3-8(19-6-11(15)16)5-10(9)21-14(13)18/h3-5,7,17H,6H2,1-2H3,(H,15,16). The van der Waals surface area contributed by atoms with Crippen LogP contribution in [-0.4, -0.2) is 28.9 Å². The minimum Gasteiger partial charge on any atom is -0.504 e. The molecule has 0 amide bonds. The van der Waals surface area contributed by atoms with Crippen molar-refractivity contribution in [3.8, 4) is 17.2 Å². The Morgan fingerprint density at radius 2 is 2.10 bits per heavy atom. The van der Waals surface area contributed by atoms with Gasteiger partial charge in [0.15, 0.2) is 12.4 Å². The van der Waals surface area contributed by atoms with Gasteiger partial charge >= 0.3 is 11.6 Å². The van der Waals surface area contributed by atoms with Gasteiger partial charge < -0.3 is 24.1 Å². The Balaban J connectivity index is 2.46. The molecule has 0 aliphatic rings. The van der Waals surface area contributed by atoms with E-state index in [4.69, 9.17) is 19.0 Å². The van der Waals surface area contributed by atoms with E-state index < -0.39 is 18.2 Å². The molecule has 2 aromatic rings. The molecule has 0 radical (unpaired) electrons. The number of aromatic hydroxyl groups is 1. The number of hydrogen-bond donors (Lipinski definition) is 2. The third kappa shape index (κ3) is 3.25. The van der Waals surface area contributed by atoms with Gasteiger partial charge in [-0.25, -0.2) is 9.59 Å². The number of carboxylic acid groups (broad SMARTS) is 1. The van der Waals surface area contributed by atoms with Crippen molar-refractivity contribution in [3.05, 3.63) is 28.6 Å². The van der Waals surface area contributed by atoms with Gasteiger partial charge in [-0.2, -0.15) is 0 Å². The smallest absolute Gasteiger partial charge is 0.383 e. The van der Waals surface area contributed by atoms with Crippen molar-refractivity contribution < 1.29 is 28.9 Å². The van der Waals surface area contributed by atoms with Crippen LogP contribution in [0.1, 0.15) is 13.8 Å². The van der Waals surface area contributed by atoms with Crippen molar-refractivity contribution in [2.75, 3.05) is 6.61 Å². The van der Waals surface area contributed by atoms with Gasteiger partial charge in [0.25, 0.3) is 0 Å². The lowest BCUT2D eigenvalue weighted by Gasteiger charge is -2.11. The van der Waals surface area contributed by atoms with Crippen LogP contribution in [0, 0.1) is 0 Å². The van der Waals surface area contributed by atoms with E-state index in [0.717, 1.165) is 0 Å². The van der Waals surface area contributed by atoms with Crippen LogP contribution in [0.5, 0.6) is 17.2 Å². The lowest BCUT2D eigenvalue weighted by Crippen LogP contribution is -2.13. The van der Waals surface area contributed by atoms with E-state index in [9.17, 15) is 14.7 Å². The number of fused-ring (bicyclic) bond motifs is 1. The highest BCUT2D eigenvalue weighted by Gasteiger charge is 2.17. The molecule has 2 rings (SSSR count). The second-order valence-corrected chi connectivity index (χ2v) is 4.57. The number of ether oxygens (including phenoxy) is 2. The van der Waals surface area contributed by atoms with Crippen LogP contribution in [0.2, 0.25) is 0 Å². The normalized spacial score (nSPS) is 10.8. The van der Waals surface area contributed by atoms with Crippen LogP contribution in [0.15, 0.2) is 27.4 Å². The zero-order valence-corrected chi connectivity index (χ0v) is 11.5. The first-order valence-electron chi connectivity index (χ1n) is 6.19. The van der Waals surface area contributed by atoms with E-state index in [0.29, 0.717) is 0 Å². The fourth-order valence-electron chi connectivity index (χ4n) is 1.72. The van der Waals surface area contributed by atoms with E-state index in [1.54, 1.807) is 13.8 Å². The molecule has 7 nitrogen and oxygen atoms in total. The molecule has 0 saturated heterocycles. The average molecular weight is 294 g/mol. The number of hydrogen-bond acceptors (Lipinski definition) is 6. The Morgan fingerprint density at radius 1 is 1.38 bits per heavy atom. The van der Waals surface area contributed by atoms with Gasteiger partial charge in [-0.05, 0) is 26.0 Å². The molecular weight excluding hydrogens is 280 g/mol. The Bertz CT molecular complexity index is 730. The van der Waals surface area contributed by atoms with Crippen molar-refractivity contribution in [2.24, 2.45) is 0 Å². The lowest BCUT2D eigenvalue weighted by atomic mass is 10.2. The Kier molecular flexibility index (Phi) is 4.02. The third-order valence-corrected chi connectivity index (χ3v) is 2.53. The predicted octanol–water partition coefficient (Wildman–Crippen LogP) is 1.75. The SMILES string of the molecule is CC(C)Oc1c(O)c2ccc(OCC(=O)O)cc2oc1=O. The minimum atomic E-state index is -1.12. The molecule has 1 aromatic heterocycles. The summed E-state index contributed by atoms with van der Waals surface area (Å²) in [6, 6.07) is 4.25. The van der Waals surface area contributed by atoms with Gasteiger partial charge in [-0.1, -0.05) is 0 Å². The molecule has 0 unspecified atom stereocenters. The van der Waals surface area contributed by atoms with Gasteiger partial charge in [0.05, 0.1) is 11.5 Å². The van der Waals surface area contributed by atoms with Crippen molar-refractivity contribution >= 4 is 16.9 Å². The van der Waals surface area contributed by atoms with Crippen LogP contribution >= 0.6 is 0 Å². The largest absolute Gasteiger partial charge is 0.504 e. The summed E-state index contributed by atoms with van der Waals surface area (Å²) in [4.78, 5) is 22.2. The van der Waals surface area contributed by atoms with E-state index in [-0.39, 0.29) is 34.3 Å². The molecule has 2 N–H and O–H groups in total. The van der Waals surface area contributed by atoms with Crippen LogP contribution in [0.25, 0.3) is 11.0 Å². The highest BCUT2D eigenvalue weighted by atomic mass is 16.5. The molecule has 0 aliphatic carbocycles. The summed E-state index contributed by atoms with van der Waals surface area (Å²) in [5.74, 6) is -1.48. The summed E-state index contributed by atoms with van der Waals surface area (Å²) in [7, 11) is 0. The van der Waals surface area contributed by atoms with Gasteiger partial charge in [0.1, 0.15) is 11.3 Å². The van der Waals surface area contributed by atoms with Gasteiger partial charge in [-0.15, -0.1) is 0 Å². The molecule has 1 aromatic carbocycles. The monoisotopic (exact) mass is 294 g/mol. The molecule has 0 atom stereocenters. The predicted molar refractivity (Wildman–Crippen MR) is 73.0 cm³/mol. The Labute approximate surface area is 119 Å². The van der Waals surface area contributed by atoms with Gasteiger partial charge in [0.2, 0.25) is 5.75 Å². The summed E-state index contributed by atoms with van der Waals surface area (Å²) in [6.07, 6.45) is -0.297. The second kappa shape index (κ2) is 5.74. The molecular formula is C14H14O7. The van der Waals surface area contributed by atoms with Crippen molar-refractivity contribution in [3.63, 3.8) is 0 Å². The first kappa shape index (κ1) is 14.7. The fraction of sp³-hybridized carbons (Fsp3) is 0.286. The fourth-order valence-corrected chi connectivity index (χ4v) is 1.72. The number of benzene rings is 1. The lowest BCUT2D eigenvalue weighted by molar-refractivity contribution is -0.139.